The number of carboxylic acid groups (broad SMARTS) is 2. The molecule has 0 unspecified atom stereocenters. The summed E-state index contributed by atoms with van der Waals surface area (Å²) in [4.78, 5) is 49.8. The van der Waals surface area contributed by atoms with Crippen LogP contribution < -0.4 is 10.6 Å². The van der Waals surface area contributed by atoms with E-state index in [1.54, 1.807) is 36.2 Å². The maximum Gasteiger partial charge on any atom is 0.317 e. The number of nitrogens with one attached hydrogen (secondary N) is 2. The molecule has 1 heterocycles. The number of hydrogen-bond acceptors (Lipinski definition) is 9. The van der Waals surface area contributed by atoms with Crippen LogP contribution in [0.1, 0.15) is 19.4 Å². The van der Waals surface area contributed by atoms with Crippen LogP contribution in [-0.2, 0) is 47.5 Å². The van der Waals surface area contributed by atoms with Crippen LogP contribution in [0.2, 0.25) is 0 Å². The van der Waals surface area contributed by atoms with E-state index in [0.717, 1.165) is 12.1 Å². The standard InChI is InChI=1S/C20H35N5O6.C5H11NO2.Cu/c1-4-24(8-7-23(3)15-20(29)30)13-17(26)21-5-9-31-10-6-22-18(27)14-25-12-16(2)11-19(25)28;1-3-6(2)4-5(7)8;/h11-12,28H,4-10,13-15H2,1-3H3,(H,21,26)(H,22,27)(H,29,30);3-4H2,1-2H3,(H,7,8);. The number of carbonyl (C=O) groups excluding carboxylic acids is 2. The van der Waals surface area contributed by atoms with Crippen molar-refractivity contribution in [2.45, 2.75) is 27.3 Å². The molecule has 0 atom stereocenters. The number of nitrogens with zero attached hydrogens (tertiary/aromatic N) is 4. The summed E-state index contributed by atoms with van der Waals surface area (Å²) in [5.74, 6) is -1.95. The molecular formula is C25H46CuN6O8. The maximum absolute atomic E-state index is 12.0. The molecule has 0 fully saturated rings. The van der Waals surface area contributed by atoms with Gasteiger partial charge in [0.25, 0.3) is 0 Å². The largest absolute Gasteiger partial charge is 0.494 e. The van der Waals surface area contributed by atoms with Gasteiger partial charge in [-0.05, 0) is 39.7 Å². The molecule has 0 spiro atoms. The van der Waals surface area contributed by atoms with Crippen molar-refractivity contribution in [1.82, 2.24) is 29.9 Å². The number of carbonyl (C=O) groups is 4. The Morgan fingerprint density at radius 3 is 1.88 bits per heavy atom. The summed E-state index contributed by atoms with van der Waals surface area (Å²) >= 11 is 0. The van der Waals surface area contributed by atoms with Crippen molar-refractivity contribution in [2.24, 2.45) is 0 Å². The monoisotopic (exact) mass is 621 g/mol. The summed E-state index contributed by atoms with van der Waals surface area (Å²) in [5, 5.41) is 32.1. The first-order chi connectivity index (χ1) is 18.4. The van der Waals surface area contributed by atoms with Crippen LogP contribution in [0.15, 0.2) is 12.3 Å². The van der Waals surface area contributed by atoms with Crippen LogP contribution in [0.4, 0.5) is 0 Å². The summed E-state index contributed by atoms with van der Waals surface area (Å²) in [6.07, 6.45) is 1.70. The van der Waals surface area contributed by atoms with Crippen molar-refractivity contribution < 1.29 is 56.3 Å². The van der Waals surface area contributed by atoms with E-state index in [4.69, 9.17) is 14.9 Å². The Morgan fingerprint density at radius 2 is 1.43 bits per heavy atom. The van der Waals surface area contributed by atoms with Gasteiger partial charge in [0.05, 0.1) is 32.8 Å². The van der Waals surface area contributed by atoms with Crippen molar-refractivity contribution >= 4 is 23.8 Å². The molecule has 1 aromatic rings. The van der Waals surface area contributed by atoms with Crippen LogP contribution in [-0.4, -0.2) is 145 Å². The fraction of sp³-hybridized carbons (Fsp3) is 0.680. The summed E-state index contributed by atoms with van der Waals surface area (Å²) < 4.78 is 6.86. The predicted molar refractivity (Wildman–Crippen MR) is 146 cm³/mol. The normalized spacial score (nSPS) is 10.6. The Kier molecular flexibility index (Phi) is 22.8. The summed E-state index contributed by atoms with van der Waals surface area (Å²) in [6, 6.07) is 1.59. The molecule has 14 nitrogen and oxygen atoms in total. The minimum atomic E-state index is -0.877. The average molecular weight is 622 g/mol. The number of aromatic nitrogens is 1. The van der Waals surface area contributed by atoms with E-state index in [1.165, 1.54) is 4.57 Å². The molecule has 40 heavy (non-hydrogen) atoms. The van der Waals surface area contributed by atoms with Crippen molar-refractivity contribution in [3.63, 3.8) is 0 Å². The van der Waals surface area contributed by atoms with Crippen LogP contribution >= 0.6 is 0 Å². The van der Waals surface area contributed by atoms with Crippen LogP contribution in [0.3, 0.4) is 0 Å². The molecule has 0 aliphatic rings. The Labute approximate surface area is 247 Å². The average Bonchev–Trinajstić information content (AvgIpc) is 3.16. The summed E-state index contributed by atoms with van der Waals surface area (Å²) in [5.41, 5.74) is 0.878. The van der Waals surface area contributed by atoms with E-state index in [1.807, 2.05) is 25.7 Å². The zero-order chi connectivity index (χ0) is 29.8. The van der Waals surface area contributed by atoms with E-state index >= 15 is 0 Å². The van der Waals surface area contributed by atoms with Gasteiger partial charge in [0.15, 0.2) is 5.88 Å². The van der Waals surface area contributed by atoms with Gasteiger partial charge in [0.1, 0.15) is 6.54 Å². The molecule has 5 N–H and O–H groups in total. The number of aliphatic carboxylic acids is 2. The number of amides is 2. The number of aromatic hydroxyl groups is 1. The minimum Gasteiger partial charge on any atom is -0.494 e. The Morgan fingerprint density at radius 1 is 0.875 bits per heavy atom. The SMILES string of the molecule is CCN(C)CC(=O)O.CCN(CCN(C)CC(=O)O)CC(=O)NCCOCCNC(=O)Cn1cc(C)cc1O.[Cu]. The zero-order valence-corrected chi connectivity index (χ0v) is 25.1. The third-order valence-corrected chi connectivity index (χ3v) is 5.42. The Hall–Kier alpha value is -2.68. The first kappa shape index (κ1) is 39.5. The van der Waals surface area contributed by atoms with Crippen molar-refractivity contribution in [3.05, 3.63) is 17.8 Å². The Balaban J connectivity index is 0. The Bertz CT molecular complexity index is 885. The van der Waals surface area contributed by atoms with E-state index in [-0.39, 0.29) is 60.9 Å². The van der Waals surface area contributed by atoms with Crippen LogP contribution in [0.25, 0.3) is 0 Å². The zero-order valence-electron chi connectivity index (χ0n) is 24.1. The van der Waals surface area contributed by atoms with Gasteiger partial charge in [0, 0.05) is 55.5 Å². The quantitative estimate of drug-likeness (QED) is 0.0956. The predicted octanol–water partition coefficient (Wildman–Crippen LogP) is -0.890. The van der Waals surface area contributed by atoms with Gasteiger partial charge in [0.2, 0.25) is 11.8 Å². The number of hydrogen-bond donors (Lipinski definition) is 5. The van der Waals surface area contributed by atoms with Gasteiger partial charge in [-0.1, -0.05) is 13.8 Å². The molecule has 0 bridgehead atoms. The van der Waals surface area contributed by atoms with Crippen molar-refractivity contribution in [3.8, 4) is 5.88 Å². The van der Waals surface area contributed by atoms with E-state index < -0.39 is 11.9 Å². The first-order valence-corrected chi connectivity index (χ1v) is 12.9. The van der Waals surface area contributed by atoms with Crippen molar-refractivity contribution in [2.75, 3.05) is 86.2 Å². The molecule has 1 rings (SSSR count). The number of ether oxygens (including phenoxy) is 1. The van der Waals surface area contributed by atoms with Gasteiger partial charge in [-0.15, -0.1) is 0 Å². The molecule has 0 saturated carbocycles. The second-order valence-corrected chi connectivity index (χ2v) is 9.04. The van der Waals surface area contributed by atoms with Gasteiger partial charge in [-0.3, -0.25) is 33.9 Å². The molecule has 1 aromatic heterocycles. The number of aryl methyl sites for hydroxylation is 1. The molecule has 235 valence electrons. The van der Waals surface area contributed by atoms with E-state index in [2.05, 4.69) is 10.6 Å². The molecule has 0 aliphatic heterocycles. The smallest absolute Gasteiger partial charge is 0.317 e. The van der Waals surface area contributed by atoms with Gasteiger partial charge >= 0.3 is 11.9 Å². The molecule has 0 saturated heterocycles. The number of likely N-dealkylation sites (N-methyl/N-ethyl adjacent to an activating group) is 3. The van der Waals surface area contributed by atoms with Gasteiger partial charge < -0.3 is 35.3 Å². The second-order valence-electron chi connectivity index (χ2n) is 9.04. The molecule has 0 aromatic carbocycles. The molecular weight excluding hydrogens is 576 g/mol. The molecule has 0 aliphatic carbocycles. The fourth-order valence-corrected chi connectivity index (χ4v) is 3.17. The van der Waals surface area contributed by atoms with Crippen LogP contribution in [0, 0.1) is 6.92 Å². The van der Waals surface area contributed by atoms with Crippen molar-refractivity contribution in [1.29, 1.82) is 0 Å². The van der Waals surface area contributed by atoms with Gasteiger partial charge in [-0.2, -0.15) is 0 Å². The molecule has 1 radical (unpaired) electrons. The summed E-state index contributed by atoms with van der Waals surface area (Å²) in [6.45, 7) is 10.0. The first-order valence-electron chi connectivity index (χ1n) is 12.9. The van der Waals surface area contributed by atoms with Gasteiger partial charge in [-0.25, -0.2) is 0 Å². The topological polar surface area (TPSA) is 177 Å². The van der Waals surface area contributed by atoms with E-state index in [9.17, 15) is 24.3 Å². The number of rotatable bonds is 19. The molecule has 15 heteroatoms. The minimum absolute atomic E-state index is 0. The van der Waals surface area contributed by atoms with E-state index in [0.29, 0.717) is 45.9 Å². The number of carboxylic acids is 2. The third-order valence-electron chi connectivity index (χ3n) is 5.42. The maximum atomic E-state index is 12.0. The summed E-state index contributed by atoms with van der Waals surface area (Å²) in [7, 11) is 3.50. The third kappa shape index (κ3) is 21.2. The second kappa shape index (κ2) is 23.1. The molecule has 2 amide bonds. The fourth-order valence-electron chi connectivity index (χ4n) is 3.17. The van der Waals surface area contributed by atoms with Crippen LogP contribution in [0.5, 0.6) is 5.88 Å².